The van der Waals surface area contributed by atoms with Crippen molar-refractivity contribution >= 4 is 17.0 Å². The summed E-state index contributed by atoms with van der Waals surface area (Å²) in [6.07, 6.45) is 6.64. The van der Waals surface area contributed by atoms with Crippen LogP contribution in [0.1, 0.15) is 38.2 Å². The monoisotopic (exact) mass is 391 g/mol. The molecule has 1 aliphatic carbocycles. The lowest BCUT2D eigenvalue weighted by Crippen LogP contribution is -2.43. The lowest BCUT2D eigenvalue weighted by atomic mass is 9.63. The van der Waals surface area contributed by atoms with Gasteiger partial charge in [0.05, 0.1) is 54.5 Å². The van der Waals surface area contributed by atoms with E-state index in [-0.39, 0.29) is 23.7 Å². The number of imidazole rings is 1. The Balaban J connectivity index is 1.84. The Kier molecular flexibility index (Phi) is 5.07. The SMILES string of the molecule is CC1(C)CC(=O)C2C(=NC(COCCN)=C(C#N)C2c2ccn3cncc3c2)C1. The Morgan fingerprint density at radius 2 is 2.21 bits per heavy atom. The molecule has 2 aliphatic rings. The lowest BCUT2D eigenvalue weighted by Gasteiger charge is -2.40. The Hall–Kier alpha value is -2.82. The number of aliphatic imine (C=N–C) groups is 1. The Morgan fingerprint density at radius 3 is 2.97 bits per heavy atom. The summed E-state index contributed by atoms with van der Waals surface area (Å²) >= 11 is 0. The van der Waals surface area contributed by atoms with Crippen molar-refractivity contribution in [3.63, 3.8) is 0 Å². The zero-order chi connectivity index (χ0) is 20.6. The van der Waals surface area contributed by atoms with Crippen LogP contribution in [-0.2, 0) is 9.53 Å². The molecule has 2 aromatic rings. The minimum absolute atomic E-state index is 0.139. The van der Waals surface area contributed by atoms with E-state index in [2.05, 4.69) is 24.9 Å². The van der Waals surface area contributed by atoms with Crippen LogP contribution in [0.2, 0.25) is 0 Å². The predicted molar refractivity (Wildman–Crippen MR) is 109 cm³/mol. The number of fused-ring (bicyclic) bond motifs is 2. The quantitative estimate of drug-likeness (QED) is 0.789. The fourth-order valence-corrected chi connectivity index (χ4v) is 4.48. The summed E-state index contributed by atoms with van der Waals surface area (Å²) in [4.78, 5) is 22.1. The molecule has 0 radical (unpaired) electrons. The molecule has 0 aromatic carbocycles. The minimum Gasteiger partial charge on any atom is -0.374 e. The minimum atomic E-state index is -0.402. The van der Waals surface area contributed by atoms with Crippen molar-refractivity contribution in [2.45, 2.75) is 32.6 Å². The van der Waals surface area contributed by atoms with Crippen molar-refractivity contribution in [2.75, 3.05) is 19.8 Å². The molecule has 7 heteroatoms. The summed E-state index contributed by atoms with van der Waals surface area (Å²) in [6, 6.07) is 6.30. The zero-order valence-corrected chi connectivity index (χ0v) is 16.8. The van der Waals surface area contributed by atoms with Crippen LogP contribution in [0.4, 0.5) is 0 Å². The number of rotatable bonds is 5. The maximum Gasteiger partial charge on any atom is 0.143 e. The zero-order valence-electron chi connectivity index (χ0n) is 16.8. The molecule has 2 aromatic heterocycles. The highest BCUT2D eigenvalue weighted by atomic mass is 16.5. The molecule has 1 fully saturated rings. The van der Waals surface area contributed by atoms with Gasteiger partial charge in [-0.2, -0.15) is 5.26 Å². The van der Waals surface area contributed by atoms with Crippen LogP contribution in [0.25, 0.3) is 5.52 Å². The van der Waals surface area contributed by atoms with Crippen molar-refractivity contribution in [1.29, 1.82) is 5.26 Å². The van der Waals surface area contributed by atoms with Crippen LogP contribution in [0.3, 0.4) is 0 Å². The maximum atomic E-state index is 13.2. The average Bonchev–Trinajstić information content (AvgIpc) is 3.14. The molecular weight excluding hydrogens is 366 g/mol. The molecule has 1 saturated carbocycles. The number of ketones is 1. The highest BCUT2D eigenvalue weighted by Crippen LogP contribution is 2.46. The van der Waals surface area contributed by atoms with Gasteiger partial charge >= 0.3 is 0 Å². The van der Waals surface area contributed by atoms with Crippen LogP contribution in [-0.4, -0.2) is 40.6 Å². The van der Waals surface area contributed by atoms with Gasteiger partial charge in [0.15, 0.2) is 0 Å². The summed E-state index contributed by atoms with van der Waals surface area (Å²) in [5.41, 5.74) is 9.22. The summed E-state index contributed by atoms with van der Waals surface area (Å²) in [6.45, 7) is 5.20. The maximum absolute atomic E-state index is 13.2. The molecule has 7 nitrogen and oxygen atoms in total. The van der Waals surface area contributed by atoms with Gasteiger partial charge in [-0.15, -0.1) is 0 Å². The van der Waals surface area contributed by atoms with E-state index in [4.69, 9.17) is 15.5 Å². The Bertz CT molecular complexity index is 1060. The first-order valence-electron chi connectivity index (χ1n) is 9.86. The smallest absolute Gasteiger partial charge is 0.143 e. The second-order valence-corrected chi connectivity index (χ2v) is 8.54. The Labute approximate surface area is 169 Å². The van der Waals surface area contributed by atoms with Gasteiger partial charge < -0.3 is 14.9 Å². The van der Waals surface area contributed by atoms with Crippen LogP contribution in [0.15, 0.2) is 47.1 Å². The third kappa shape index (κ3) is 3.61. The fourth-order valence-electron chi connectivity index (χ4n) is 4.48. The van der Waals surface area contributed by atoms with Crippen molar-refractivity contribution in [3.8, 4) is 6.07 Å². The van der Waals surface area contributed by atoms with Crippen molar-refractivity contribution in [1.82, 2.24) is 9.38 Å². The van der Waals surface area contributed by atoms with Gasteiger partial charge in [-0.25, -0.2) is 4.98 Å². The molecule has 1 aliphatic heterocycles. The van der Waals surface area contributed by atoms with E-state index in [1.54, 1.807) is 12.5 Å². The number of allylic oxidation sites excluding steroid dienone is 1. The standard InChI is InChI=1S/C22H25N5O2/c1-22(2)8-17-21(19(28)9-22)20(14-3-5-27-13-25-11-15(27)7-14)16(10-24)18(26-17)12-29-6-4-23/h3,5,7,11,13,20-21H,4,6,8-9,12,23H2,1-2H3. The molecule has 0 bridgehead atoms. The van der Waals surface area contributed by atoms with Gasteiger partial charge in [0.25, 0.3) is 0 Å². The number of nitrogens with zero attached hydrogens (tertiary/aromatic N) is 4. The topological polar surface area (TPSA) is 106 Å². The molecule has 3 heterocycles. The molecule has 2 unspecified atom stereocenters. The first-order valence-corrected chi connectivity index (χ1v) is 9.86. The number of hydrogen-bond acceptors (Lipinski definition) is 6. The number of aromatic nitrogens is 2. The summed E-state index contributed by atoms with van der Waals surface area (Å²) in [5.74, 6) is -0.609. The van der Waals surface area contributed by atoms with Gasteiger partial charge in [-0.05, 0) is 29.5 Å². The van der Waals surface area contributed by atoms with E-state index in [1.807, 2.05) is 22.7 Å². The van der Waals surface area contributed by atoms with Gasteiger partial charge in [0.2, 0.25) is 0 Å². The van der Waals surface area contributed by atoms with Gasteiger partial charge in [-0.1, -0.05) is 13.8 Å². The van der Waals surface area contributed by atoms with E-state index >= 15 is 0 Å². The molecular formula is C22H25N5O2. The van der Waals surface area contributed by atoms with Gasteiger partial charge in [-0.3, -0.25) is 9.79 Å². The number of nitrogens with two attached hydrogens (primary N) is 1. The molecule has 4 rings (SSSR count). The van der Waals surface area contributed by atoms with E-state index in [9.17, 15) is 10.1 Å². The molecule has 2 N–H and O–H groups in total. The first-order chi connectivity index (χ1) is 13.9. The van der Waals surface area contributed by atoms with Crippen molar-refractivity contribution in [2.24, 2.45) is 22.1 Å². The highest BCUT2D eigenvalue weighted by molar-refractivity contribution is 6.10. The van der Waals surface area contributed by atoms with Gasteiger partial charge in [0, 0.05) is 30.8 Å². The van der Waals surface area contributed by atoms with Crippen molar-refractivity contribution in [3.05, 3.63) is 47.7 Å². The Morgan fingerprint density at radius 1 is 1.38 bits per heavy atom. The number of carbonyl (C=O) groups excluding carboxylic acids is 1. The third-order valence-electron chi connectivity index (χ3n) is 5.67. The second-order valence-electron chi connectivity index (χ2n) is 8.54. The van der Waals surface area contributed by atoms with Crippen molar-refractivity contribution < 1.29 is 9.53 Å². The largest absolute Gasteiger partial charge is 0.374 e. The summed E-state index contributed by atoms with van der Waals surface area (Å²) in [7, 11) is 0. The first kappa shape index (κ1) is 19.5. The van der Waals surface area contributed by atoms with Gasteiger partial charge in [0.1, 0.15) is 5.78 Å². The predicted octanol–water partition coefficient (Wildman–Crippen LogP) is 2.63. The number of nitriles is 1. The number of hydrogen-bond donors (Lipinski definition) is 1. The van der Waals surface area contributed by atoms with Crippen LogP contribution in [0.5, 0.6) is 0 Å². The summed E-state index contributed by atoms with van der Waals surface area (Å²) in [5, 5.41) is 10.0. The lowest BCUT2D eigenvalue weighted by molar-refractivity contribution is -0.124. The normalized spacial score (nSPS) is 23.7. The molecule has 0 saturated heterocycles. The number of carbonyl (C=O) groups is 1. The van der Waals surface area contributed by atoms with Crippen LogP contribution in [0, 0.1) is 22.7 Å². The number of pyridine rings is 1. The number of ether oxygens (including phenoxy) is 1. The molecule has 29 heavy (non-hydrogen) atoms. The molecule has 2 atom stereocenters. The molecule has 150 valence electrons. The van der Waals surface area contributed by atoms with E-state index in [1.165, 1.54) is 0 Å². The second kappa shape index (κ2) is 7.54. The van der Waals surface area contributed by atoms with E-state index < -0.39 is 5.92 Å². The van der Waals surface area contributed by atoms with E-state index in [0.717, 1.165) is 23.2 Å². The van der Waals surface area contributed by atoms with E-state index in [0.29, 0.717) is 30.8 Å². The third-order valence-corrected chi connectivity index (χ3v) is 5.67. The van der Waals surface area contributed by atoms with Crippen LogP contribution >= 0.6 is 0 Å². The molecule has 0 spiro atoms. The summed E-state index contributed by atoms with van der Waals surface area (Å²) < 4.78 is 7.53. The number of Topliss-reactive ketones (excluding diaryl/α,β-unsaturated/α-hetero) is 1. The molecule has 0 amide bonds. The average molecular weight is 391 g/mol. The highest BCUT2D eigenvalue weighted by Gasteiger charge is 2.46. The fraction of sp³-hybridized carbons (Fsp3) is 0.455. The van der Waals surface area contributed by atoms with Crippen LogP contribution < -0.4 is 5.73 Å².